The summed E-state index contributed by atoms with van der Waals surface area (Å²) in [6.07, 6.45) is 6.24. The average molecular weight is 219 g/mol. The normalized spacial score (nSPS) is 12.4. The molecule has 1 rings (SSSR count). The van der Waals surface area contributed by atoms with Gasteiger partial charge in [-0.3, -0.25) is 4.68 Å². The van der Waals surface area contributed by atoms with Crippen molar-refractivity contribution in [3.63, 3.8) is 0 Å². The summed E-state index contributed by atoms with van der Waals surface area (Å²) >= 11 is 0. The maximum absolute atomic E-state index is 5.20. The zero-order valence-electron chi connectivity index (χ0n) is 10.7. The molecule has 0 bridgehead atoms. The molecule has 0 saturated heterocycles. The van der Waals surface area contributed by atoms with Crippen LogP contribution in [0, 0.1) is 26.2 Å². The molecule has 1 N–H and O–H groups in total. The van der Waals surface area contributed by atoms with Crippen molar-refractivity contribution in [1.82, 2.24) is 15.1 Å². The van der Waals surface area contributed by atoms with Gasteiger partial charge in [-0.05, 0) is 32.8 Å². The molecule has 1 heterocycles. The van der Waals surface area contributed by atoms with Gasteiger partial charge in [-0.25, -0.2) is 0 Å². The molecule has 88 valence electrons. The van der Waals surface area contributed by atoms with Gasteiger partial charge in [-0.1, -0.05) is 12.8 Å². The smallest absolute Gasteiger partial charge is 0.0628 e. The Morgan fingerprint density at radius 1 is 1.50 bits per heavy atom. The monoisotopic (exact) mass is 219 g/mol. The van der Waals surface area contributed by atoms with Gasteiger partial charge in [0.15, 0.2) is 0 Å². The van der Waals surface area contributed by atoms with E-state index in [9.17, 15) is 0 Å². The highest BCUT2D eigenvalue weighted by Gasteiger charge is 2.13. The van der Waals surface area contributed by atoms with E-state index in [4.69, 9.17) is 6.42 Å². The molecule has 0 fully saturated rings. The summed E-state index contributed by atoms with van der Waals surface area (Å²) in [5.41, 5.74) is 3.78. The number of nitrogens with one attached hydrogen (secondary N) is 1. The van der Waals surface area contributed by atoms with Crippen molar-refractivity contribution in [2.24, 2.45) is 0 Å². The quantitative estimate of drug-likeness (QED) is 0.605. The van der Waals surface area contributed by atoms with Crippen LogP contribution in [0.4, 0.5) is 0 Å². The maximum atomic E-state index is 5.20. The summed E-state index contributed by atoms with van der Waals surface area (Å²) in [7, 11) is 0. The summed E-state index contributed by atoms with van der Waals surface area (Å²) in [6, 6.07) is 0.340. The molecule has 1 unspecified atom stereocenters. The number of hydrogen-bond acceptors (Lipinski definition) is 2. The van der Waals surface area contributed by atoms with E-state index in [1.54, 1.807) is 0 Å². The molecule has 0 spiro atoms. The Balaban J connectivity index is 2.76. The predicted molar refractivity (Wildman–Crippen MR) is 67.5 cm³/mol. The van der Waals surface area contributed by atoms with Crippen LogP contribution in [0.15, 0.2) is 0 Å². The topological polar surface area (TPSA) is 29.9 Å². The van der Waals surface area contributed by atoms with Gasteiger partial charge in [-0.2, -0.15) is 5.10 Å². The molecule has 0 saturated carbocycles. The number of aromatic nitrogens is 2. The van der Waals surface area contributed by atoms with Crippen LogP contribution in [0.5, 0.6) is 0 Å². The van der Waals surface area contributed by atoms with Gasteiger partial charge in [0.1, 0.15) is 0 Å². The van der Waals surface area contributed by atoms with Crippen LogP contribution >= 0.6 is 0 Å². The van der Waals surface area contributed by atoms with Gasteiger partial charge < -0.3 is 5.32 Å². The Labute approximate surface area is 98.2 Å². The third kappa shape index (κ3) is 2.65. The summed E-state index contributed by atoms with van der Waals surface area (Å²) in [5.74, 6) is 2.58. The molecular formula is C13H21N3. The number of aryl methyl sites for hydroxylation is 1. The van der Waals surface area contributed by atoms with E-state index in [1.807, 2.05) is 0 Å². The Morgan fingerprint density at radius 2 is 2.19 bits per heavy atom. The van der Waals surface area contributed by atoms with Crippen LogP contribution in [0.25, 0.3) is 0 Å². The maximum Gasteiger partial charge on any atom is 0.0628 e. The largest absolute Gasteiger partial charge is 0.304 e. The second-order valence-corrected chi connectivity index (χ2v) is 4.13. The highest BCUT2D eigenvalue weighted by Crippen LogP contribution is 2.17. The van der Waals surface area contributed by atoms with E-state index in [0.717, 1.165) is 18.7 Å². The number of terminal acetylenes is 1. The first-order chi connectivity index (χ1) is 7.61. The van der Waals surface area contributed by atoms with E-state index < -0.39 is 0 Å². The van der Waals surface area contributed by atoms with Gasteiger partial charge in [0.2, 0.25) is 0 Å². The number of hydrogen-bond donors (Lipinski definition) is 1. The third-order valence-electron chi connectivity index (χ3n) is 2.91. The molecule has 0 radical (unpaired) electrons. The first-order valence-corrected chi connectivity index (χ1v) is 5.80. The van der Waals surface area contributed by atoms with Crippen LogP contribution in [-0.2, 0) is 6.42 Å². The molecular weight excluding hydrogens is 198 g/mol. The minimum atomic E-state index is 0.340. The first-order valence-electron chi connectivity index (χ1n) is 5.80. The second-order valence-electron chi connectivity index (χ2n) is 4.13. The van der Waals surface area contributed by atoms with E-state index >= 15 is 0 Å². The molecule has 0 aliphatic rings. The summed E-state index contributed by atoms with van der Waals surface area (Å²) in [4.78, 5) is 0. The Bertz CT molecular complexity index is 385. The highest BCUT2D eigenvalue weighted by atomic mass is 15.3. The third-order valence-corrected chi connectivity index (χ3v) is 2.91. The molecule has 0 aromatic carbocycles. The van der Waals surface area contributed by atoms with Gasteiger partial charge >= 0.3 is 0 Å². The summed E-state index contributed by atoms with van der Waals surface area (Å²) in [5, 5.41) is 7.79. The van der Waals surface area contributed by atoms with Crippen LogP contribution in [0.2, 0.25) is 0 Å². The van der Waals surface area contributed by atoms with Crippen molar-refractivity contribution in [1.29, 1.82) is 0 Å². The van der Waals surface area contributed by atoms with Gasteiger partial charge in [-0.15, -0.1) is 6.42 Å². The Hall–Kier alpha value is -1.27. The van der Waals surface area contributed by atoms with E-state index in [-0.39, 0.29) is 0 Å². The number of rotatable bonds is 5. The van der Waals surface area contributed by atoms with E-state index in [0.29, 0.717) is 12.6 Å². The molecule has 0 aliphatic carbocycles. The molecule has 1 atom stereocenters. The van der Waals surface area contributed by atoms with Crippen molar-refractivity contribution >= 4 is 0 Å². The van der Waals surface area contributed by atoms with Gasteiger partial charge in [0, 0.05) is 12.2 Å². The fraction of sp³-hybridized carbons (Fsp3) is 0.615. The number of nitrogens with zero attached hydrogens (tertiary/aromatic N) is 2. The molecule has 16 heavy (non-hydrogen) atoms. The van der Waals surface area contributed by atoms with Crippen molar-refractivity contribution in [2.75, 3.05) is 13.1 Å². The summed E-state index contributed by atoms with van der Waals surface area (Å²) < 4.78 is 2.09. The lowest BCUT2D eigenvalue weighted by Gasteiger charge is -2.14. The lowest BCUT2D eigenvalue weighted by Crippen LogP contribution is -2.25. The SMILES string of the molecule is C#CCNCC(C)n1nc(C)c(CC)c1C. The molecule has 3 heteroatoms. The lowest BCUT2D eigenvalue weighted by atomic mass is 10.1. The molecule has 1 aromatic rings. The molecule has 3 nitrogen and oxygen atoms in total. The zero-order valence-corrected chi connectivity index (χ0v) is 10.7. The molecule has 0 amide bonds. The predicted octanol–water partition coefficient (Wildman–Crippen LogP) is 1.85. The van der Waals surface area contributed by atoms with E-state index in [2.05, 4.69) is 48.7 Å². The van der Waals surface area contributed by atoms with Crippen molar-refractivity contribution in [3.05, 3.63) is 17.0 Å². The van der Waals surface area contributed by atoms with E-state index in [1.165, 1.54) is 11.3 Å². The second kappa shape index (κ2) is 5.72. The van der Waals surface area contributed by atoms with Crippen LogP contribution in [-0.4, -0.2) is 22.9 Å². The minimum Gasteiger partial charge on any atom is -0.304 e. The fourth-order valence-electron chi connectivity index (χ4n) is 2.08. The van der Waals surface area contributed by atoms with Gasteiger partial charge in [0.25, 0.3) is 0 Å². The fourth-order valence-corrected chi connectivity index (χ4v) is 2.08. The zero-order chi connectivity index (χ0) is 12.1. The van der Waals surface area contributed by atoms with Crippen molar-refractivity contribution in [3.8, 4) is 12.3 Å². The standard InChI is InChI=1S/C13H21N3/c1-6-8-14-9-10(3)16-12(5)13(7-2)11(4)15-16/h1,10,14H,7-9H2,2-5H3. The Morgan fingerprint density at radius 3 is 2.69 bits per heavy atom. The summed E-state index contributed by atoms with van der Waals surface area (Å²) in [6.45, 7) is 10.0. The minimum absolute atomic E-state index is 0.340. The van der Waals surface area contributed by atoms with Crippen LogP contribution in [0.1, 0.15) is 36.8 Å². The van der Waals surface area contributed by atoms with Crippen LogP contribution in [0.3, 0.4) is 0 Å². The van der Waals surface area contributed by atoms with Crippen molar-refractivity contribution < 1.29 is 0 Å². The highest BCUT2D eigenvalue weighted by molar-refractivity contribution is 5.24. The first kappa shape index (κ1) is 12.8. The van der Waals surface area contributed by atoms with Crippen LogP contribution < -0.4 is 5.32 Å². The van der Waals surface area contributed by atoms with Gasteiger partial charge in [0.05, 0.1) is 18.3 Å². The Kier molecular flexibility index (Phi) is 4.57. The lowest BCUT2D eigenvalue weighted by molar-refractivity contribution is 0.453. The average Bonchev–Trinajstić information content (AvgIpc) is 2.54. The van der Waals surface area contributed by atoms with Crippen molar-refractivity contribution in [2.45, 2.75) is 40.2 Å². The molecule has 1 aromatic heterocycles. The molecule has 0 aliphatic heterocycles.